The topological polar surface area (TPSA) is 35.4 Å². The van der Waals surface area contributed by atoms with Gasteiger partial charge in [-0.3, -0.25) is 0 Å². The smallest absolute Gasteiger partial charge is 0.160 e. The van der Waals surface area contributed by atoms with Crippen LogP contribution in [-0.2, 0) is 12.8 Å². The van der Waals surface area contributed by atoms with Crippen LogP contribution in [-0.4, -0.2) is 31.9 Å². The first-order valence-corrected chi connectivity index (χ1v) is 11.5. The molecule has 33 heavy (non-hydrogen) atoms. The predicted molar refractivity (Wildman–Crippen MR) is 132 cm³/mol. The van der Waals surface area contributed by atoms with Crippen LogP contribution in [0, 0.1) is 5.82 Å². The normalized spacial score (nSPS) is 11.1. The van der Waals surface area contributed by atoms with Gasteiger partial charge in [0.2, 0.25) is 0 Å². The van der Waals surface area contributed by atoms with Crippen LogP contribution in [0.1, 0.15) is 24.0 Å². The van der Waals surface area contributed by atoms with E-state index in [4.69, 9.17) is 9.47 Å². The quantitative estimate of drug-likeness (QED) is 0.290. The molecule has 1 N–H and O–H groups in total. The number of nitrogens with zero attached hydrogens (tertiary/aromatic N) is 1. The number of unbranched alkanes of at least 4 members (excludes halogenated alkanes) is 1. The summed E-state index contributed by atoms with van der Waals surface area (Å²) in [6, 6.07) is 21.2. The molecule has 172 valence electrons. The highest BCUT2D eigenvalue weighted by atomic mass is 19.1. The predicted octanol–water partition coefficient (Wildman–Crippen LogP) is 5.94. The second-order valence-corrected chi connectivity index (χ2v) is 8.16. The highest BCUT2D eigenvalue weighted by molar-refractivity contribution is 5.85. The maximum absolute atomic E-state index is 13.4. The minimum absolute atomic E-state index is 0.214. The Bertz CT molecular complexity index is 1180. The Balaban J connectivity index is 1.27. The first-order chi connectivity index (χ1) is 16.2. The van der Waals surface area contributed by atoms with Gasteiger partial charge in [0.25, 0.3) is 0 Å². The van der Waals surface area contributed by atoms with E-state index in [1.165, 1.54) is 28.6 Å². The monoisotopic (exact) mass is 446 g/mol. The molecule has 0 amide bonds. The van der Waals surface area contributed by atoms with Crippen LogP contribution >= 0.6 is 0 Å². The lowest BCUT2D eigenvalue weighted by Gasteiger charge is -2.10. The highest BCUT2D eigenvalue weighted by Crippen LogP contribution is 2.28. The van der Waals surface area contributed by atoms with Crippen LogP contribution in [0.25, 0.3) is 16.6 Å². The fraction of sp³-hybridized carbons (Fsp3) is 0.286. The van der Waals surface area contributed by atoms with E-state index in [-0.39, 0.29) is 5.82 Å². The minimum atomic E-state index is -0.214. The van der Waals surface area contributed by atoms with Crippen LogP contribution in [0.5, 0.6) is 11.5 Å². The number of ether oxygens (including phenoxy) is 2. The number of methoxy groups -OCH3 is 2. The van der Waals surface area contributed by atoms with Crippen molar-refractivity contribution < 1.29 is 13.9 Å². The first-order valence-electron chi connectivity index (χ1n) is 11.5. The Kier molecular flexibility index (Phi) is 7.63. The highest BCUT2D eigenvalue weighted by Gasteiger charge is 2.09. The summed E-state index contributed by atoms with van der Waals surface area (Å²) in [4.78, 5) is 0. The van der Waals surface area contributed by atoms with E-state index in [9.17, 15) is 4.39 Å². The molecule has 0 aliphatic carbocycles. The van der Waals surface area contributed by atoms with Gasteiger partial charge >= 0.3 is 0 Å². The van der Waals surface area contributed by atoms with Crippen molar-refractivity contribution in [1.82, 2.24) is 9.88 Å². The van der Waals surface area contributed by atoms with Crippen molar-refractivity contribution in [3.05, 3.63) is 89.9 Å². The molecular formula is C28H31FN2O2. The van der Waals surface area contributed by atoms with Gasteiger partial charge in [-0.15, -0.1) is 0 Å². The second kappa shape index (κ2) is 11.0. The molecule has 0 saturated heterocycles. The van der Waals surface area contributed by atoms with Crippen molar-refractivity contribution in [1.29, 1.82) is 0 Å². The molecular weight excluding hydrogens is 415 g/mol. The molecule has 0 bridgehead atoms. The van der Waals surface area contributed by atoms with Gasteiger partial charge in [0.1, 0.15) is 5.82 Å². The van der Waals surface area contributed by atoms with Crippen LogP contribution in [0.4, 0.5) is 4.39 Å². The number of rotatable bonds is 11. The van der Waals surface area contributed by atoms with Crippen molar-refractivity contribution in [2.24, 2.45) is 0 Å². The summed E-state index contributed by atoms with van der Waals surface area (Å²) in [6.45, 7) is 1.92. The van der Waals surface area contributed by atoms with Gasteiger partial charge in [0.15, 0.2) is 11.5 Å². The molecule has 0 aliphatic heterocycles. The zero-order valence-electron chi connectivity index (χ0n) is 19.3. The van der Waals surface area contributed by atoms with Gasteiger partial charge < -0.3 is 19.4 Å². The average molecular weight is 447 g/mol. The molecule has 0 saturated carbocycles. The van der Waals surface area contributed by atoms with Crippen LogP contribution < -0.4 is 14.8 Å². The molecule has 0 radical (unpaired) electrons. The number of hydrogen-bond donors (Lipinski definition) is 1. The van der Waals surface area contributed by atoms with Crippen LogP contribution in [0.15, 0.2) is 72.9 Å². The Labute approximate surface area is 195 Å². The number of para-hydroxylation sites is 1. The molecule has 1 aromatic heterocycles. The number of aromatic nitrogens is 1. The van der Waals surface area contributed by atoms with Crippen molar-refractivity contribution in [3.8, 4) is 17.2 Å². The summed E-state index contributed by atoms with van der Waals surface area (Å²) >= 11 is 0. The van der Waals surface area contributed by atoms with E-state index in [2.05, 4.69) is 46.4 Å². The fourth-order valence-electron chi connectivity index (χ4n) is 4.22. The Morgan fingerprint density at radius 3 is 2.39 bits per heavy atom. The number of aryl methyl sites for hydroxylation is 1. The number of benzene rings is 3. The van der Waals surface area contributed by atoms with Crippen LogP contribution in [0.3, 0.4) is 0 Å². The Morgan fingerprint density at radius 2 is 1.61 bits per heavy atom. The van der Waals surface area contributed by atoms with E-state index in [0.717, 1.165) is 61.5 Å². The van der Waals surface area contributed by atoms with Gasteiger partial charge in [-0.25, -0.2) is 4.39 Å². The number of halogens is 1. The lowest BCUT2D eigenvalue weighted by Crippen LogP contribution is -2.18. The number of hydrogen-bond acceptors (Lipinski definition) is 3. The summed E-state index contributed by atoms with van der Waals surface area (Å²) in [5, 5.41) is 4.81. The lowest BCUT2D eigenvalue weighted by atomic mass is 10.1. The third-order valence-electron chi connectivity index (χ3n) is 5.99. The largest absolute Gasteiger partial charge is 0.493 e. The summed E-state index contributed by atoms with van der Waals surface area (Å²) in [5.74, 6) is 1.32. The zero-order chi connectivity index (χ0) is 23.0. The third kappa shape index (κ3) is 5.55. The lowest BCUT2D eigenvalue weighted by molar-refractivity contribution is 0.354. The fourth-order valence-corrected chi connectivity index (χ4v) is 4.22. The molecule has 0 fully saturated rings. The number of nitrogens with one attached hydrogen (secondary N) is 1. The average Bonchev–Trinajstić information content (AvgIpc) is 3.22. The summed E-state index contributed by atoms with van der Waals surface area (Å²) in [5.41, 5.74) is 4.71. The molecule has 0 unspecified atom stereocenters. The van der Waals surface area contributed by atoms with E-state index >= 15 is 0 Å². The van der Waals surface area contributed by atoms with Gasteiger partial charge in [-0.1, -0.05) is 24.3 Å². The second-order valence-electron chi connectivity index (χ2n) is 8.16. The van der Waals surface area contributed by atoms with Crippen molar-refractivity contribution >= 4 is 10.9 Å². The van der Waals surface area contributed by atoms with E-state index in [0.29, 0.717) is 0 Å². The maximum atomic E-state index is 13.4. The standard InChI is InChI=1S/C28H31FN2O2/c1-32-27-15-10-21(19-28(27)33-2)16-18-30-17-6-5-7-22-20-31(24-13-11-23(29)12-14-24)26-9-4-3-8-25(22)26/h3-4,8-15,19-20,30H,5-7,16-18H2,1-2H3. The zero-order valence-corrected chi connectivity index (χ0v) is 19.3. The number of fused-ring (bicyclic) bond motifs is 1. The summed E-state index contributed by atoms with van der Waals surface area (Å²) in [7, 11) is 3.32. The van der Waals surface area contributed by atoms with Gasteiger partial charge in [-0.2, -0.15) is 0 Å². The molecule has 3 aromatic carbocycles. The molecule has 4 aromatic rings. The summed E-state index contributed by atoms with van der Waals surface area (Å²) < 4.78 is 26.2. The van der Waals surface area contributed by atoms with E-state index in [1.807, 2.05) is 24.3 Å². The van der Waals surface area contributed by atoms with E-state index < -0.39 is 0 Å². The van der Waals surface area contributed by atoms with Crippen molar-refractivity contribution in [2.45, 2.75) is 25.7 Å². The molecule has 4 rings (SSSR count). The van der Waals surface area contributed by atoms with Gasteiger partial charge in [0, 0.05) is 17.3 Å². The Morgan fingerprint density at radius 1 is 0.818 bits per heavy atom. The maximum Gasteiger partial charge on any atom is 0.160 e. The molecule has 1 heterocycles. The first kappa shape index (κ1) is 22.9. The third-order valence-corrected chi connectivity index (χ3v) is 5.99. The molecule has 0 atom stereocenters. The molecule has 0 aliphatic rings. The van der Waals surface area contributed by atoms with Gasteiger partial charge in [0.05, 0.1) is 19.7 Å². The van der Waals surface area contributed by atoms with Crippen molar-refractivity contribution in [3.63, 3.8) is 0 Å². The Hall–Kier alpha value is -3.31. The SMILES string of the molecule is COc1ccc(CCNCCCCc2cn(-c3ccc(F)cc3)c3ccccc23)cc1OC. The van der Waals surface area contributed by atoms with Crippen LogP contribution in [0.2, 0.25) is 0 Å². The minimum Gasteiger partial charge on any atom is -0.493 e. The molecule has 0 spiro atoms. The molecule has 4 nitrogen and oxygen atoms in total. The summed E-state index contributed by atoms with van der Waals surface area (Å²) in [6.07, 6.45) is 6.39. The van der Waals surface area contributed by atoms with Crippen molar-refractivity contribution in [2.75, 3.05) is 27.3 Å². The van der Waals surface area contributed by atoms with E-state index in [1.54, 1.807) is 14.2 Å². The molecule has 5 heteroatoms. The van der Waals surface area contributed by atoms with Gasteiger partial charge in [-0.05, 0) is 92.4 Å².